The van der Waals surface area contributed by atoms with E-state index in [1.807, 2.05) is 13.8 Å². The number of carbonyl (C=O) groups is 2. The van der Waals surface area contributed by atoms with Crippen LogP contribution in [0.2, 0.25) is 5.02 Å². The van der Waals surface area contributed by atoms with E-state index < -0.39 is 5.97 Å². The number of rotatable bonds is 8. The van der Waals surface area contributed by atoms with E-state index >= 15 is 0 Å². The largest absolute Gasteiger partial charge is 0.481 e. The van der Waals surface area contributed by atoms with Gasteiger partial charge in [-0.15, -0.1) is 0 Å². The molecule has 0 aliphatic heterocycles. The molecule has 0 aliphatic rings. The van der Waals surface area contributed by atoms with Gasteiger partial charge >= 0.3 is 5.97 Å². The van der Waals surface area contributed by atoms with Crippen molar-refractivity contribution in [3.05, 3.63) is 22.8 Å². The summed E-state index contributed by atoms with van der Waals surface area (Å²) in [7, 11) is 0. The highest BCUT2D eigenvalue weighted by Gasteiger charge is 2.13. The molecule has 122 valence electrons. The first-order valence-corrected chi connectivity index (χ1v) is 7.45. The molecule has 6 nitrogen and oxygen atoms in total. The molecule has 0 spiro atoms. The van der Waals surface area contributed by atoms with Crippen molar-refractivity contribution in [1.29, 1.82) is 0 Å². The number of amides is 1. The van der Waals surface area contributed by atoms with Gasteiger partial charge in [0.15, 0.2) is 0 Å². The molecule has 1 rings (SSSR count). The van der Waals surface area contributed by atoms with Gasteiger partial charge in [0.05, 0.1) is 12.2 Å². The summed E-state index contributed by atoms with van der Waals surface area (Å²) < 4.78 is 5.43. The van der Waals surface area contributed by atoms with Gasteiger partial charge in [-0.05, 0) is 17.9 Å². The number of carboxylic acid groups (broad SMARTS) is 1. The van der Waals surface area contributed by atoms with Crippen molar-refractivity contribution in [3.63, 3.8) is 0 Å². The number of nitrogens with one attached hydrogen (secondary N) is 1. The van der Waals surface area contributed by atoms with Gasteiger partial charge in [0.1, 0.15) is 5.02 Å². The molecule has 2 N–H and O–H groups in total. The Morgan fingerprint density at radius 1 is 1.41 bits per heavy atom. The Morgan fingerprint density at radius 2 is 2.09 bits per heavy atom. The summed E-state index contributed by atoms with van der Waals surface area (Å²) in [6.45, 7) is 6.53. The molecule has 0 aliphatic carbocycles. The second-order valence-corrected chi connectivity index (χ2v) is 6.04. The third-order valence-electron chi connectivity index (χ3n) is 2.76. The maximum Gasteiger partial charge on any atom is 0.303 e. The van der Waals surface area contributed by atoms with Crippen molar-refractivity contribution in [3.8, 4) is 5.88 Å². The van der Waals surface area contributed by atoms with E-state index in [2.05, 4.69) is 10.3 Å². The maximum absolute atomic E-state index is 12.0. The Kier molecular flexibility index (Phi) is 7.11. The number of carboxylic acids is 1. The van der Waals surface area contributed by atoms with E-state index in [0.717, 1.165) is 0 Å². The minimum atomic E-state index is -0.891. The molecule has 1 heterocycles. The van der Waals surface area contributed by atoms with Gasteiger partial charge in [-0.25, -0.2) is 4.98 Å². The average Bonchev–Trinajstić information content (AvgIpc) is 2.42. The van der Waals surface area contributed by atoms with Gasteiger partial charge in [-0.2, -0.15) is 0 Å². The number of pyridine rings is 1. The highest BCUT2D eigenvalue weighted by Crippen LogP contribution is 2.22. The van der Waals surface area contributed by atoms with Crippen LogP contribution < -0.4 is 10.1 Å². The molecular formula is C15H21ClN2O4. The Hall–Kier alpha value is -1.82. The molecule has 22 heavy (non-hydrogen) atoms. The van der Waals surface area contributed by atoms with Crippen molar-refractivity contribution in [1.82, 2.24) is 10.3 Å². The molecule has 1 atom stereocenters. The Labute approximate surface area is 134 Å². The molecule has 7 heteroatoms. The number of ether oxygens (including phenoxy) is 1. The van der Waals surface area contributed by atoms with Crippen LogP contribution >= 0.6 is 11.6 Å². The zero-order chi connectivity index (χ0) is 16.7. The van der Waals surface area contributed by atoms with Crippen molar-refractivity contribution >= 4 is 23.5 Å². The summed E-state index contributed by atoms with van der Waals surface area (Å²) in [5.41, 5.74) is 0.310. The molecule has 0 saturated heterocycles. The van der Waals surface area contributed by atoms with Gasteiger partial charge in [0.25, 0.3) is 5.91 Å². The third-order valence-corrected chi connectivity index (χ3v) is 3.03. The Balaban J connectivity index is 2.59. The molecule has 0 aromatic carbocycles. The summed E-state index contributed by atoms with van der Waals surface area (Å²) in [6.07, 6.45) is 1.39. The number of nitrogens with zero attached hydrogens (tertiary/aromatic N) is 1. The van der Waals surface area contributed by atoms with Crippen LogP contribution in [0.25, 0.3) is 0 Å². The summed E-state index contributed by atoms with van der Waals surface area (Å²) >= 11 is 6.04. The first kappa shape index (κ1) is 18.2. The maximum atomic E-state index is 12.0. The molecular weight excluding hydrogens is 308 g/mol. The van der Waals surface area contributed by atoms with Crippen molar-refractivity contribution < 1.29 is 19.4 Å². The van der Waals surface area contributed by atoms with Crippen molar-refractivity contribution in [2.24, 2.45) is 11.8 Å². The zero-order valence-electron chi connectivity index (χ0n) is 12.9. The lowest BCUT2D eigenvalue weighted by molar-refractivity contribution is -0.137. The zero-order valence-corrected chi connectivity index (χ0v) is 13.7. The standard InChI is InChI=1S/C15H21ClN2O4/c1-9(2)8-22-15-12(16)5-11(7-18-15)14(21)17-6-10(3)4-13(19)20/h5,7,9-10H,4,6,8H2,1-3H3,(H,17,21)(H,19,20). The van der Waals surface area contributed by atoms with Crippen LogP contribution in [0.15, 0.2) is 12.3 Å². The fourth-order valence-electron chi connectivity index (χ4n) is 1.64. The molecule has 1 amide bonds. The fraction of sp³-hybridized carbons (Fsp3) is 0.533. The lowest BCUT2D eigenvalue weighted by Gasteiger charge is -2.12. The van der Waals surface area contributed by atoms with Crippen LogP contribution in [-0.4, -0.2) is 35.1 Å². The number of halogens is 1. The Morgan fingerprint density at radius 3 is 2.64 bits per heavy atom. The molecule has 1 unspecified atom stereocenters. The van der Waals surface area contributed by atoms with E-state index in [4.69, 9.17) is 21.4 Å². The number of hydrogen-bond acceptors (Lipinski definition) is 4. The summed E-state index contributed by atoms with van der Waals surface area (Å²) in [6, 6.07) is 1.49. The van der Waals surface area contributed by atoms with Crippen LogP contribution in [0.4, 0.5) is 0 Å². The number of aromatic nitrogens is 1. The van der Waals surface area contributed by atoms with E-state index in [9.17, 15) is 9.59 Å². The second-order valence-electron chi connectivity index (χ2n) is 5.63. The van der Waals surface area contributed by atoms with Crippen LogP contribution in [0, 0.1) is 11.8 Å². The van der Waals surface area contributed by atoms with E-state index in [1.54, 1.807) is 6.92 Å². The van der Waals surface area contributed by atoms with Gasteiger partial charge in [0, 0.05) is 19.2 Å². The Bertz CT molecular complexity index is 534. The highest BCUT2D eigenvalue weighted by molar-refractivity contribution is 6.32. The van der Waals surface area contributed by atoms with E-state index in [1.165, 1.54) is 12.3 Å². The SMILES string of the molecule is CC(C)COc1ncc(C(=O)NCC(C)CC(=O)O)cc1Cl. The average molecular weight is 329 g/mol. The number of carbonyl (C=O) groups excluding carboxylic acids is 1. The van der Waals surface area contributed by atoms with Crippen LogP contribution in [-0.2, 0) is 4.79 Å². The predicted octanol–water partition coefficient (Wildman–Crippen LogP) is 2.61. The molecule has 0 saturated carbocycles. The number of aliphatic carboxylic acids is 1. The highest BCUT2D eigenvalue weighted by atomic mass is 35.5. The third kappa shape index (κ3) is 6.30. The van der Waals surface area contributed by atoms with Crippen LogP contribution in [0.1, 0.15) is 37.6 Å². The quantitative estimate of drug-likeness (QED) is 0.765. The fourth-order valence-corrected chi connectivity index (χ4v) is 1.86. The summed E-state index contributed by atoms with van der Waals surface area (Å²) in [5, 5.41) is 11.6. The van der Waals surface area contributed by atoms with Crippen molar-refractivity contribution in [2.45, 2.75) is 27.2 Å². The molecule has 1 aromatic rings. The van der Waals surface area contributed by atoms with E-state index in [-0.39, 0.29) is 29.8 Å². The van der Waals surface area contributed by atoms with Crippen LogP contribution in [0.5, 0.6) is 5.88 Å². The minimum absolute atomic E-state index is 0.00126. The topological polar surface area (TPSA) is 88.5 Å². The van der Waals surface area contributed by atoms with Gasteiger partial charge in [0.2, 0.25) is 5.88 Å². The lowest BCUT2D eigenvalue weighted by Crippen LogP contribution is -2.29. The smallest absolute Gasteiger partial charge is 0.303 e. The molecule has 0 bridgehead atoms. The normalized spacial score (nSPS) is 12.0. The molecule has 1 aromatic heterocycles. The van der Waals surface area contributed by atoms with Crippen molar-refractivity contribution in [2.75, 3.05) is 13.2 Å². The van der Waals surface area contributed by atoms with E-state index in [0.29, 0.717) is 24.0 Å². The first-order valence-electron chi connectivity index (χ1n) is 7.08. The summed E-state index contributed by atoms with van der Waals surface area (Å²) in [5.74, 6) is -0.749. The van der Waals surface area contributed by atoms with Gasteiger partial charge in [-0.1, -0.05) is 32.4 Å². The number of hydrogen-bond donors (Lipinski definition) is 2. The lowest BCUT2D eigenvalue weighted by atomic mass is 10.1. The summed E-state index contributed by atoms with van der Waals surface area (Å²) in [4.78, 5) is 26.6. The minimum Gasteiger partial charge on any atom is -0.481 e. The van der Waals surface area contributed by atoms with Gasteiger partial charge in [-0.3, -0.25) is 9.59 Å². The molecule has 0 radical (unpaired) electrons. The monoisotopic (exact) mass is 328 g/mol. The first-order chi connectivity index (χ1) is 10.3. The van der Waals surface area contributed by atoms with Crippen LogP contribution in [0.3, 0.4) is 0 Å². The predicted molar refractivity (Wildman–Crippen MR) is 83.3 cm³/mol. The second kappa shape index (κ2) is 8.58. The van der Waals surface area contributed by atoms with Gasteiger partial charge < -0.3 is 15.2 Å². The molecule has 0 fully saturated rings.